The van der Waals surface area contributed by atoms with Crippen LogP contribution in [0.25, 0.3) is 0 Å². The van der Waals surface area contributed by atoms with Crippen LogP contribution in [-0.2, 0) is 0 Å². The molecular formula is C24H29N3O2. The minimum Gasteiger partial charge on any atom is -0.490 e. The van der Waals surface area contributed by atoms with Gasteiger partial charge in [0.25, 0.3) is 0 Å². The fourth-order valence-electron chi connectivity index (χ4n) is 4.76. The summed E-state index contributed by atoms with van der Waals surface area (Å²) in [5.74, 6) is 1.77. The molecule has 0 aromatic heterocycles. The number of nitrogens with zero attached hydrogens (tertiary/aromatic N) is 3. The van der Waals surface area contributed by atoms with Gasteiger partial charge in [-0.2, -0.15) is 5.10 Å². The Labute approximate surface area is 172 Å². The molecule has 0 radical (unpaired) electrons. The van der Waals surface area contributed by atoms with Crippen LogP contribution in [0.3, 0.4) is 0 Å². The van der Waals surface area contributed by atoms with E-state index in [4.69, 9.17) is 14.6 Å². The normalized spacial score (nSPS) is 22.7. The summed E-state index contributed by atoms with van der Waals surface area (Å²) in [6.45, 7) is 6.79. The molecule has 0 saturated carbocycles. The summed E-state index contributed by atoms with van der Waals surface area (Å²) in [4.78, 5) is 2.37. The predicted molar refractivity (Wildman–Crippen MR) is 115 cm³/mol. The molecule has 1 unspecified atom stereocenters. The Morgan fingerprint density at radius 2 is 1.90 bits per heavy atom. The van der Waals surface area contributed by atoms with E-state index in [1.807, 2.05) is 13.0 Å². The summed E-state index contributed by atoms with van der Waals surface area (Å²) in [5.41, 5.74) is 4.41. The molecule has 1 atom stereocenters. The van der Waals surface area contributed by atoms with Gasteiger partial charge in [-0.25, -0.2) is 5.01 Å². The maximum Gasteiger partial charge on any atom is 0.200 e. The first kappa shape index (κ1) is 18.5. The highest BCUT2D eigenvalue weighted by atomic mass is 16.6. The average Bonchev–Trinajstić information content (AvgIpc) is 3.18. The van der Waals surface area contributed by atoms with Crippen LogP contribution in [0, 0.1) is 6.92 Å². The number of likely N-dealkylation sites (tertiary alicyclic amines) is 1. The third-order valence-corrected chi connectivity index (χ3v) is 6.44. The molecule has 0 amide bonds. The van der Waals surface area contributed by atoms with E-state index in [0.717, 1.165) is 49.6 Å². The average molecular weight is 392 g/mol. The van der Waals surface area contributed by atoms with Crippen molar-refractivity contribution in [1.29, 1.82) is 0 Å². The van der Waals surface area contributed by atoms with Crippen LogP contribution in [0.4, 0.5) is 0 Å². The molecule has 1 saturated heterocycles. The molecule has 0 N–H and O–H groups in total. The molecule has 1 spiro atoms. The summed E-state index contributed by atoms with van der Waals surface area (Å²) in [6, 6.07) is 15.2. The molecule has 1 fully saturated rings. The Bertz CT molecular complexity index is 930. The van der Waals surface area contributed by atoms with Gasteiger partial charge in [-0.3, -0.25) is 0 Å². The molecule has 5 rings (SSSR count). The number of benzene rings is 2. The summed E-state index contributed by atoms with van der Waals surface area (Å²) >= 11 is 0. The predicted octanol–water partition coefficient (Wildman–Crippen LogP) is 4.36. The van der Waals surface area contributed by atoms with Crippen LogP contribution < -0.4 is 9.47 Å². The van der Waals surface area contributed by atoms with Gasteiger partial charge in [0, 0.05) is 37.9 Å². The van der Waals surface area contributed by atoms with Crippen LogP contribution >= 0.6 is 0 Å². The second-order valence-corrected chi connectivity index (χ2v) is 8.44. The van der Waals surface area contributed by atoms with Gasteiger partial charge in [-0.1, -0.05) is 42.0 Å². The van der Waals surface area contributed by atoms with Crippen molar-refractivity contribution in [3.8, 4) is 11.5 Å². The van der Waals surface area contributed by atoms with Crippen LogP contribution in [0.1, 0.15) is 48.9 Å². The van der Waals surface area contributed by atoms with E-state index in [9.17, 15) is 0 Å². The Balaban J connectivity index is 1.59. The molecule has 2 aromatic rings. The van der Waals surface area contributed by atoms with Crippen LogP contribution in [-0.4, -0.2) is 48.1 Å². The molecule has 3 aliphatic heterocycles. The van der Waals surface area contributed by atoms with Crippen molar-refractivity contribution in [3.63, 3.8) is 0 Å². The SMILES string of the molecule is CCOc1cccc2c1OC1(CCN(C)CC1)N1N=C(c3ccc(C)cc3)CC21. The zero-order valence-electron chi connectivity index (χ0n) is 17.5. The number of hydrogen-bond acceptors (Lipinski definition) is 5. The number of hydrazone groups is 1. The van der Waals surface area contributed by atoms with E-state index in [-0.39, 0.29) is 6.04 Å². The van der Waals surface area contributed by atoms with Crippen molar-refractivity contribution in [3.05, 3.63) is 59.2 Å². The molecule has 0 bridgehead atoms. The Kier molecular flexibility index (Phi) is 4.50. The smallest absolute Gasteiger partial charge is 0.200 e. The van der Waals surface area contributed by atoms with Crippen molar-refractivity contribution in [2.24, 2.45) is 5.10 Å². The molecule has 2 aromatic carbocycles. The summed E-state index contributed by atoms with van der Waals surface area (Å²) in [7, 11) is 2.18. The molecule has 0 aliphatic carbocycles. The first-order valence-corrected chi connectivity index (χ1v) is 10.7. The first-order valence-electron chi connectivity index (χ1n) is 10.7. The van der Waals surface area contributed by atoms with Crippen molar-refractivity contribution < 1.29 is 9.47 Å². The van der Waals surface area contributed by atoms with Crippen LogP contribution in [0.15, 0.2) is 47.6 Å². The van der Waals surface area contributed by atoms with Gasteiger partial charge < -0.3 is 14.4 Å². The third-order valence-electron chi connectivity index (χ3n) is 6.44. The maximum atomic E-state index is 6.78. The molecule has 3 heterocycles. The van der Waals surface area contributed by atoms with Crippen LogP contribution in [0.2, 0.25) is 0 Å². The highest BCUT2D eigenvalue weighted by molar-refractivity contribution is 6.02. The minimum atomic E-state index is -0.399. The van der Waals surface area contributed by atoms with Crippen molar-refractivity contribution in [2.45, 2.75) is 44.9 Å². The molecule has 5 heteroatoms. The lowest BCUT2D eigenvalue weighted by atomic mass is 9.90. The van der Waals surface area contributed by atoms with E-state index < -0.39 is 5.72 Å². The summed E-state index contributed by atoms with van der Waals surface area (Å²) in [6.07, 6.45) is 2.77. The maximum absolute atomic E-state index is 6.78. The van der Waals surface area contributed by atoms with Gasteiger partial charge >= 0.3 is 0 Å². The van der Waals surface area contributed by atoms with Crippen LogP contribution in [0.5, 0.6) is 11.5 Å². The van der Waals surface area contributed by atoms with Gasteiger partial charge in [0.1, 0.15) is 0 Å². The molecule has 152 valence electrons. The number of para-hydroxylation sites is 1. The van der Waals surface area contributed by atoms with E-state index in [2.05, 4.69) is 60.3 Å². The van der Waals surface area contributed by atoms with Gasteiger partial charge in [0.2, 0.25) is 5.72 Å². The van der Waals surface area contributed by atoms with E-state index in [1.165, 1.54) is 16.7 Å². The lowest BCUT2D eigenvalue weighted by Crippen LogP contribution is -2.58. The third kappa shape index (κ3) is 3.08. The quantitative estimate of drug-likeness (QED) is 0.779. The number of aryl methyl sites for hydroxylation is 1. The topological polar surface area (TPSA) is 37.3 Å². The molecular weight excluding hydrogens is 362 g/mol. The van der Waals surface area contributed by atoms with Crippen molar-refractivity contribution in [2.75, 3.05) is 26.7 Å². The Morgan fingerprint density at radius 3 is 2.62 bits per heavy atom. The Morgan fingerprint density at radius 1 is 1.14 bits per heavy atom. The summed E-state index contributed by atoms with van der Waals surface area (Å²) < 4.78 is 12.7. The highest BCUT2D eigenvalue weighted by Gasteiger charge is 2.52. The largest absolute Gasteiger partial charge is 0.490 e. The van der Waals surface area contributed by atoms with Crippen molar-refractivity contribution >= 4 is 5.71 Å². The molecule has 29 heavy (non-hydrogen) atoms. The second-order valence-electron chi connectivity index (χ2n) is 8.44. The Hall–Kier alpha value is -2.53. The lowest BCUT2D eigenvalue weighted by molar-refractivity contribution is -0.148. The standard InChI is InChI=1S/C24H29N3O2/c1-4-28-22-7-5-6-19-21-16-20(18-10-8-17(2)9-11-18)25-27(21)24(29-23(19)22)12-14-26(3)15-13-24/h5-11,21H,4,12-16H2,1-3H3. The van der Waals surface area contributed by atoms with Gasteiger partial charge in [-0.15, -0.1) is 0 Å². The monoisotopic (exact) mass is 391 g/mol. The highest BCUT2D eigenvalue weighted by Crippen LogP contribution is 2.52. The first-order chi connectivity index (χ1) is 14.1. The van der Waals surface area contributed by atoms with E-state index >= 15 is 0 Å². The molecule has 3 aliphatic rings. The van der Waals surface area contributed by atoms with Gasteiger partial charge in [0.05, 0.1) is 18.4 Å². The number of ether oxygens (including phenoxy) is 2. The van der Waals surface area contributed by atoms with Gasteiger partial charge in [0.15, 0.2) is 11.5 Å². The fraction of sp³-hybridized carbons (Fsp3) is 0.458. The van der Waals surface area contributed by atoms with E-state index in [1.54, 1.807) is 0 Å². The summed E-state index contributed by atoms with van der Waals surface area (Å²) in [5, 5.41) is 7.42. The van der Waals surface area contributed by atoms with Gasteiger partial charge in [-0.05, 0) is 32.5 Å². The van der Waals surface area contributed by atoms with E-state index in [0.29, 0.717) is 6.61 Å². The lowest BCUT2D eigenvalue weighted by Gasteiger charge is -2.51. The fourth-order valence-corrected chi connectivity index (χ4v) is 4.76. The molecule has 5 nitrogen and oxygen atoms in total. The number of fused-ring (bicyclic) bond motifs is 4. The second kappa shape index (κ2) is 7.06. The minimum absolute atomic E-state index is 0.193. The number of piperidine rings is 1. The zero-order chi connectivity index (χ0) is 20.0. The number of hydrogen-bond donors (Lipinski definition) is 0. The number of rotatable bonds is 3. The van der Waals surface area contributed by atoms with Crippen molar-refractivity contribution in [1.82, 2.24) is 9.91 Å². The zero-order valence-corrected chi connectivity index (χ0v) is 17.5.